The Bertz CT molecular complexity index is 597. The molecule has 0 unspecified atom stereocenters. The van der Waals surface area contributed by atoms with E-state index in [1.807, 2.05) is 6.92 Å². The topological polar surface area (TPSA) is 50.7 Å². The molecule has 1 amide bonds. The first kappa shape index (κ1) is 16.3. The fourth-order valence-electron chi connectivity index (χ4n) is 2.11. The quantitative estimate of drug-likeness (QED) is 0.926. The molecule has 4 nitrogen and oxygen atoms in total. The first-order valence-corrected chi connectivity index (χ1v) is 7.03. The first-order valence-electron chi connectivity index (χ1n) is 7.03. The first-order chi connectivity index (χ1) is 10.3. The minimum atomic E-state index is -4.51. The molecule has 0 saturated heterocycles. The third-order valence-corrected chi connectivity index (χ3v) is 3.33. The summed E-state index contributed by atoms with van der Waals surface area (Å²) in [7, 11) is 0. The Labute approximate surface area is 126 Å². The van der Waals surface area contributed by atoms with Gasteiger partial charge in [-0.2, -0.15) is 18.3 Å². The highest BCUT2D eigenvalue weighted by Crippen LogP contribution is 2.37. The van der Waals surface area contributed by atoms with E-state index in [-0.39, 0.29) is 24.2 Å². The van der Waals surface area contributed by atoms with Gasteiger partial charge in [-0.05, 0) is 30.2 Å². The number of halogens is 3. The molecule has 7 heteroatoms. The largest absolute Gasteiger partial charge is 0.493 e. The predicted molar refractivity (Wildman–Crippen MR) is 75.7 cm³/mol. The number of nitrogens with zero attached hydrogens (tertiary/aromatic N) is 1. The number of hydrogen-bond donors (Lipinski definition) is 1. The number of benzene rings is 1. The lowest BCUT2D eigenvalue weighted by Crippen LogP contribution is -2.33. The van der Waals surface area contributed by atoms with Crippen LogP contribution in [0.5, 0.6) is 5.75 Å². The van der Waals surface area contributed by atoms with Crippen LogP contribution in [-0.2, 0) is 11.0 Å². The number of carbonyl (C=O) groups excluding carboxylic acids is 1. The monoisotopic (exact) mass is 314 g/mol. The van der Waals surface area contributed by atoms with E-state index >= 15 is 0 Å². The molecule has 0 aromatic heterocycles. The zero-order valence-corrected chi connectivity index (χ0v) is 12.3. The second kappa shape index (κ2) is 6.37. The van der Waals surface area contributed by atoms with Crippen molar-refractivity contribution in [2.45, 2.75) is 32.9 Å². The highest BCUT2D eigenvalue weighted by atomic mass is 19.4. The molecule has 22 heavy (non-hydrogen) atoms. The van der Waals surface area contributed by atoms with E-state index in [2.05, 4.69) is 10.5 Å². The second-order valence-corrected chi connectivity index (χ2v) is 5.20. The van der Waals surface area contributed by atoms with E-state index in [9.17, 15) is 18.0 Å². The lowest BCUT2D eigenvalue weighted by Gasteiger charge is -2.20. The summed E-state index contributed by atoms with van der Waals surface area (Å²) < 4.78 is 44.7. The minimum absolute atomic E-state index is 0.188. The van der Waals surface area contributed by atoms with Crippen molar-refractivity contribution in [1.29, 1.82) is 0 Å². The number of hydrogen-bond acceptors (Lipinski definition) is 3. The summed E-state index contributed by atoms with van der Waals surface area (Å²) in [5.41, 5.74) is 2.26. The lowest BCUT2D eigenvalue weighted by molar-refractivity contribution is -0.139. The molecule has 120 valence electrons. The fraction of sp³-hybridized carbons (Fsp3) is 0.467. The van der Waals surface area contributed by atoms with Crippen molar-refractivity contribution in [1.82, 2.24) is 5.43 Å². The molecule has 1 aliphatic heterocycles. The van der Waals surface area contributed by atoms with E-state index < -0.39 is 11.7 Å². The number of carbonyl (C=O) groups is 1. The van der Waals surface area contributed by atoms with Gasteiger partial charge in [0.15, 0.2) is 0 Å². The summed E-state index contributed by atoms with van der Waals surface area (Å²) in [6.45, 7) is 3.74. The van der Waals surface area contributed by atoms with Crippen LogP contribution in [0.25, 0.3) is 0 Å². The molecular weight excluding hydrogens is 297 g/mol. The molecule has 1 aliphatic rings. The van der Waals surface area contributed by atoms with E-state index in [0.717, 1.165) is 6.07 Å². The maximum Gasteiger partial charge on any atom is 0.419 e. The van der Waals surface area contributed by atoms with E-state index in [1.165, 1.54) is 12.1 Å². The highest BCUT2D eigenvalue weighted by Gasteiger charge is 2.35. The molecule has 0 aliphatic carbocycles. The molecule has 1 heterocycles. The van der Waals surface area contributed by atoms with Crippen LogP contribution in [0.15, 0.2) is 23.3 Å². The summed E-state index contributed by atoms with van der Waals surface area (Å²) in [4.78, 5) is 11.4. The number of nitrogens with one attached hydrogen (secondary N) is 1. The van der Waals surface area contributed by atoms with Gasteiger partial charge in [0.1, 0.15) is 5.75 Å². The molecule has 1 aromatic carbocycles. The highest BCUT2D eigenvalue weighted by molar-refractivity contribution is 6.05. The smallest absolute Gasteiger partial charge is 0.419 e. The van der Waals surface area contributed by atoms with E-state index in [0.29, 0.717) is 24.1 Å². The van der Waals surface area contributed by atoms with Gasteiger partial charge in [-0.25, -0.2) is 5.43 Å². The fourth-order valence-corrected chi connectivity index (χ4v) is 2.11. The predicted octanol–water partition coefficient (Wildman–Crippen LogP) is 3.35. The maximum atomic E-state index is 13.2. The maximum absolute atomic E-state index is 13.2. The van der Waals surface area contributed by atoms with Gasteiger partial charge in [-0.3, -0.25) is 4.79 Å². The van der Waals surface area contributed by atoms with Gasteiger partial charge in [0.25, 0.3) is 0 Å². The number of alkyl halides is 3. The zero-order chi connectivity index (χ0) is 16.3. The van der Waals surface area contributed by atoms with Crippen LogP contribution in [0.3, 0.4) is 0 Å². The van der Waals surface area contributed by atoms with Crippen LogP contribution >= 0.6 is 0 Å². The molecule has 1 N–H and O–H groups in total. The average molecular weight is 314 g/mol. The van der Waals surface area contributed by atoms with Gasteiger partial charge in [0.05, 0.1) is 17.9 Å². The van der Waals surface area contributed by atoms with Gasteiger partial charge < -0.3 is 4.74 Å². The van der Waals surface area contributed by atoms with Crippen LogP contribution in [-0.4, -0.2) is 18.2 Å². The summed E-state index contributed by atoms with van der Waals surface area (Å²) in [5.74, 6) is -0.743. The zero-order valence-electron chi connectivity index (χ0n) is 12.3. The van der Waals surface area contributed by atoms with E-state index in [4.69, 9.17) is 4.74 Å². The molecule has 0 radical (unpaired) electrons. The van der Waals surface area contributed by atoms with Gasteiger partial charge >= 0.3 is 6.18 Å². The molecule has 0 fully saturated rings. The Morgan fingerprint density at radius 1 is 1.41 bits per heavy atom. The summed E-state index contributed by atoms with van der Waals surface area (Å²) >= 11 is 0. The Kier molecular flexibility index (Phi) is 4.73. The Morgan fingerprint density at radius 3 is 2.73 bits per heavy atom. The molecular formula is C15H17F3N2O2. The van der Waals surface area contributed by atoms with Crippen molar-refractivity contribution in [2.24, 2.45) is 11.0 Å². The number of ether oxygens (including phenoxy) is 1. The van der Waals surface area contributed by atoms with Gasteiger partial charge in [-0.15, -0.1) is 0 Å². The van der Waals surface area contributed by atoms with Crippen LogP contribution in [0.1, 0.15) is 37.8 Å². The average Bonchev–Trinajstić information content (AvgIpc) is 2.47. The van der Waals surface area contributed by atoms with Gasteiger partial charge in [-0.1, -0.05) is 13.8 Å². The molecule has 1 aromatic rings. The van der Waals surface area contributed by atoms with Crippen molar-refractivity contribution in [2.75, 3.05) is 6.61 Å². The number of rotatable bonds is 4. The van der Waals surface area contributed by atoms with Gasteiger partial charge in [0, 0.05) is 12.3 Å². The van der Waals surface area contributed by atoms with Crippen molar-refractivity contribution in [3.05, 3.63) is 29.3 Å². The van der Waals surface area contributed by atoms with Crippen LogP contribution in [0, 0.1) is 5.92 Å². The lowest BCUT2D eigenvalue weighted by atomic mass is 9.96. The summed E-state index contributed by atoms with van der Waals surface area (Å²) in [6.07, 6.45) is -3.59. The normalized spacial score (nSPS) is 18.7. The molecule has 0 spiro atoms. The van der Waals surface area contributed by atoms with Crippen molar-refractivity contribution < 1.29 is 22.7 Å². The Balaban J connectivity index is 2.37. The van der Waals surface area contributed by atoms with Crippen molar-refractivity contribution in [3.8, 4) is 5.75 Å². The molecule has 0 saturated carbocycles. The Morgan fingerprint density at radius 2 is 2.14 bits per heavy atom. The molecule has 1 atom stereocenters. The SMILES string of the molecule is CCCOc1ccc(C2=NNC(=O)[C@@H](C)C2)cc1C(F)(F)F. The third-order valence-electron chi connectivity index (χ3n) is 3.33. The minimum Gasteiger partial charge on any atom is -0.493 e. The number of amides is 1. The van der Waals surface area contributed by atoms with Crippen LogP contribution in [0.2, 0.25) is 0 Å². The van der Waals surface area contributed by atoms with E-state index in [1.54, 1.807) is 6.92 Å². The number of hydrazone groups is 1. The molecule has 2 rings (SSSR count). The Hall–Kier alpha value is -2.05. The summed E-state index contributed by atoms with van der Waals surface area (Å²) in [6, 6.07) is 3.86. The molecule has 0 bridgehead atoms. The van der Waals surface area contributed by atoms with Crippen molar-refractivity contribution in [3.63, 3.8) is 0 Å². The van der Waals surface area contributed by atoms with Crippen LogP contribution < -0.4 is 10.2 Å². The van der Waals surface area contributed by atoms with Gasteiger partial charge in [0.2, 0.25) is 5.91 Å². The standard InChI is InChI=1S/C15H17F3N2O2/c1-3-6-22-13-5-4-10(8-11(13)15(16,17)18)12-7-9(2)14(21)20-19-12/h4-5,8-9H,3,6-7H2,1-2H3,(H,20,21)/t9-/m0/s1. The summed E-state index contributed by atoms with van der Waals surface area (Å²) in [5, 5.41) is 3.86. The second-order valence-electron chi connectivity index (χ2n) is 5.20. The van der Waals surface area contributed by atoms with Crippen LogP contribution in [0.4, 0.5) is 13.2 Å². The third kappa shape index (κ3) is 3.58. The van der Waals surface area contributed by atoms with Crippen molar-refractivity contribution >= 4 is 11.6 Å².